The Bertz CT molecular complexity index is 1020. The van der Waals surface area contributed by atoms with Gasteiger partial charge in [0.1, 0.15) is 6.10 Å². The molecule has 7 rings (SSSR count). The van der Waals surface area contributed by atoms with Crippen molar-refractivity contribution in [3.63, 3.8) is 0 Å². The van der Waals surface area contributed by atoms with Gasteiger partial charge in [0.25, 0.3) is 0 Å². The van der Waals surface area contributed by atoms with Crippen LogP contribution < -0.4 is 0 Å². The van der Waals surface area contributed by atoms with E-state index in [9.17, 15) is 15.0 Å². The van der Waals surface area contributed by atoms with Crippen molar-refractivity contribution in [3.05, 3.63) is 0 Å². The summed E-state index contributed by atoms with van der Waals surface area (Å²) in [6.45, 7) is 18.4. The maximum absolute atomic E-state index is 13.0. The number of aliphatic hydroxyl groups is 2. The molecule has 6 heteroatoms. The minimum absolute atomic E-state index is 0.0320. The number of fused-ring (bicyclic) bond motifs is 7. The van der Waals surface area contributed by atoms with Gasteiger partial charge in [-0.1, -0.05) is 48.5 Å². The zero-order valence-electron chi connectivity index (χ0n) is 27.1. The Morgan fingerprint density at radius 1 is 0.805 bits per heavy atom. The van der Waals surface area contributed by atoms with Crippen LogP contribution in [0.25, 0.3) is 0 Å². The van der Waals surface area contributed by atoms with Crippen molar-refractivity contribution in [2.75, 3.05) is 32.8 Å². The van der Waals surface area contributed by atoms with E-state index in [2.05, 4.69) is 48.5 Å². The summed E-state index contributed by atoms with van der Waals surface area (Å²) in [4.78, 5) is 14.8. The van der Waals surface area contributed by atoms with Gasteiger partial charge in [0.15, 0.2) is 0 Å². The highest BCUT2D eigenvalue weighted by Crippen LogP contribution is 2.78. The van der Waals surface area contributed by atoms with Gasteiger partial charge in [0, 0.05) is 24.4 Å². The highest BCUT2D eigenvalue weighted by molar-refractivity contribution is 5.72. The van der Waals surface area contributed by atoms with E-state index >= 15 is 0 Å². The summed E-state index contributed by atoms with van der Waals surface area (Å²) in [5.74, 6) is 2.54. The van der Waals surface area contributed by atoms with E-state index in [1.165, 1.54) is 51.4 Å². The quantitative estimate of drug-likeness (QED) is 0.373. The predicted octanol–water partition coefficient (Wildman–Crippen LogP) is 5.83. The first-order valence-corrected chi connectivity index (χ1v) is 17.0. The molecule has 0 radical (unpaired) electrons. The first-order chi connectivity index (χ1) is 19.2. The van der Waals surface area contributed by atoms with Crippen LogP contribution in [0.3, 0.4) is 0 Å². The minimum atomic E-state index is -0.227. The third kappa shape index (κ3) is 4.19. The van der Waals surface area contributed by atoms with Crippen LogP contribution in [0.2, 0.25) is 0 Å². The molecule has 0 aromatic heterocycles. The molecule has 10 atom stereocenters. The zero-order chi connectivity index (χ0) is 29.6. The van der Waals surface area contributed by atoms with Gasteiger partial charge in [-0.3, -0.25) is 9.69 Å². The molecule has 7 fully saturated rings. The van der Waals surface area contributed by atoms with Gasteiger partial charge in [-0.05, 0) is 104 Å². The first-order valence-electron chi connectivity index (χ1n) is 17.0. The summed E-state index contributed by atoms with van der Waals surface area (Å²) >= 11 is 0. The molecule has 2 N–H and O–H groups in total. The van der Waals surface area contributed by atoms with Crippen LogP contribution in [0.5, 0.6) is 0 Å². The van der Waals surface area contributed by atoms with Crippen molar-refractivity contribution in [1.29, 1.82) is 0 Å². The maximum atomic E-state index is 13.0. The Kier molecular flexibility index (Phi) is 7.33. The Morgan fingerprint density at radius 3 is 2.15 bits per heavy atom. The summed E-state index contributed by atoms with van der Waals surface area (Å²) in [5.41, 5.74) is 1.37. The van der Waals surface area contributed by atoms with Crippen LogP contribution in [0, 0.1) is 50.7 Å². The number of carbonyl (C=O) groups is 1. The van der Waals surface area contributed by atoms with Gasteiger partial charge in [-0.15, -0.1) is 0 Å². The number of hydrogen-bond donors (Lipinski definition) is 2. The van der Waals surface area contributed by atoms with Crippen molar-refractivity contribution in [2.24, 2.45) is 50.7 Å². The largest absolute Gasteiger partial charge is 0.461 e. The van der Waals surface area contributed by atoms with Crippen molar-refractivity contribution in [3.8, 4) is 0 Å². The molecule has 7 aliphatic rings. The second kappa shape index (κ2) is 9.91. The fourth-order valence-electron chi connectivity index (χ4n) is 12.7. The van der Waals surface area contributed by atoms with E-state index in [1.807, 2.05) is 0 Å². The van der Waals surface area contributed by atoms with Crippen LogP contribution in [0.1, 0.15) is 113 Å². The lowest BCUT2D eigenvalue weighted by Crippen LogP contribution is -2.77. The van der Waals surface area contributed by atoms with E-state index < -0.39 is 0 Å². The standard InChI is InChI=1S/C35H59NO5/c1-30(2)14-16-35-17-15-33(6)23(28(35)29(30)41-35)8-9-25-32(5)12-11-26(31(3,4)24(32)10-13-34(25,33)7)40-27(39)22-36(18-20-37)19-21-38/h23-26,28-29,37-38H,8-22H2,1-7H3/t23-,24+,25-,26+,28+,29-,32+,33-,34-,35+/m1/s1. The van der Waals surface area contributed by atoms with E-state index in [1.54, 1.807) is 4.90 Å². The van der Waals surface area contributed by atoms with Gasteiger partial charge in [-0.2, -0.15) is 0 Å². The molecular formula is C35H59NO5. The average molecular weight is 574 g/mol. The fraction of sp³-hybridized carbons (Fsp3) is 0.971. The van der Waals surface area contributed by atoms with Crippen molar-refractivity contribution in [2.45, 2.75) is 130 Å². The molecule has 0 amide bonds. The molecule has 2 bridgehead atoms. The van der Waals surface area contributed by atoms with E-state index in [4.69, 9.17) is 9.47 Å². The second-order valence-electron chi connectivity index (χ2n) is 17.3. The predicted molar refractivity (Wildman–Crippen MR) is 160 cm³/mol. The normalized spacial score (nSPS) is 49.1. The van der Waals surface area contributed by atoms with E-state index in [-0.39, 0.29) is 48.3 Å². The molecule has 5 saturated carbocycles. The average Bonchev–Trinajstić information content (AvgIpc) is 2.87. The number of rotatable bonds is 7. The number of nitrogens with zero attached hydrogens (tertiary/aromatic N) is 1. The maximum Gasteiger partial charge on any atom is 0.320 e. The molecule has 2 heterocycles. The van der Waals surface area contributed by atoms with Gasteiger partial charge >= 0.3 is 5.97 Å². The first kappa shape index (κ1) is 30.3. The third-order valence-corrected chi connectivity index (χ3v) is 15.1. The summed E-state index contributed by atoms with van der Waals surface area (Å²) in [7, 11) is 0. The van der Waals surface area contributed by atoms with E-state index in [0.717, 1.165) is 24.7 Å². The molecule has 0 aromatic carbocycles. The molecule has 41 heavy (non-hydrogen) atoms. The Labute approximate surface area is 249 Å². The third-order valence-electron chi connectivity index (χ3n) is 15.1. The molecular weight excluding hydrogens is 514 g/mol. The van der Waals surface area contributed by atoms with Crippen LogP contribution in [-0.2, 0) is 14.3 Å². The van der Waals surface area contributed by atoms with Gasteiger partial charge in [-0.25, -0.2) is 0 Å². The molecule has 0 unspecified atom stereocenters. The van der Waals surface area contributed by atoms with Gasteiger partial charge in [0.05, 0.1) is 31.5 Å². The van der Waals surface area contributed by atoms with Crippen molar-refractivity contribution < 1.29 is 24.5 Å². The van der Waals surface area contributed by atoms with Crippen molar-refractivity contribution in [1.82, 2.24) is 4.90 Å². The number of hydrogen-bond acceptors (Lipinski definition) is 6. The molecule has 234 valence electrons. The summed E-state index contributed by atoms with van der Waals surface area (Å²) in [6.07, 6.45) is 12.8. The summed E-state index contributed by atoms with van der Waals surface area (Å²) < 4.78 is 13.0. The second-order valence-corrected chi connectivity index (χ2v) is 17.3. The Hall–Kier alpha value is -0.690. The molecule has 5 aliphatic carbocycles. The topological polar surface area (TPSA) is 79.2 Å². The SMILES string of the molecule is CC1(C)CC[C@]23CC[C@]4(C)[C@H](CC[C@@H]5[C@@]6(C)CC[C@H](OC(=O)CN(CCO)CCO)C(C)(C)[C@@H]6CC[C@]54C)[C@H]2[C@H]1O3. The highest BCUT2D eigenvalue weighted by atomic mass is 16.5. The van der Waals surface area contributed by atoms with Gasteiger partial charge < -0.3 is 19.7 Å². The zero-order valence-corrected chi connectivity index (χ0v) is 27.1. The summed E-state index contributed by atoms with van der Waals surface area (Å²) in [5, 5.41) is 18.7. The van der Waals surface area contributed by atoms with Crippen LogP contribution in [-0.4, -0.2) is 71.7 Å². The molecule has 2 aliphatic heterocycles. The minimum Gasteiger partial charge on any atom is -0.461 e. The fourth-order valence-corrected chi connectivity index (χ4v) is 12.7. The molecule has 0 aromatic rings. The molecule has 2 saturated heterocycles. The van der Waals surface area contributed by atoms with Gasteiger partial charge in [0.2, 0.25) is 0 Å². The molecule has 6 nitrogen and oxygen atoms in total. The Balaban J connectivity index is 1.21. The Morgan fingerprint density at radius 2 is 1.49 bits per heavy atom. The van der Waals surface area contributed by atoms with Crippen LogP contribution in [0.15, 0.2) is 0 Å². The smallest absolute Gasteiger partial charge is 0.320 e. The van der Waals surface area contributed by atoms with Crippen LogP contribution in [0.4, 0.5) is 0 Å². The number of ether oxygens (including phenoxy) is 2. The number of aliphatic hydroxyl groups excluding tert-OH is 2. The summed E-state index contributed by atoms with van der Waals surface area (Å²) in [6, 6.07) is 0. The van der Waals surface area contributed by atoms with E-state index in [0.29, 0.717) is 47.3 Å². The van der Waals surface area contributed by atoms with Crippen molar-refractivity contribution >= 4 is 5.97 Å². The molecule has 1 spiro atoms. The highest BCUT2D eigenvalue weighted by Gasteiger charge is 2.75. The lowest BCUT2D eigenvalue weighted by Gasteiger charge is -2.77. The van der Waals surface area contributed by atoms with Crippen LogP contribution >= 0.6 is 0 Å². The number of esters is 1. The lowest BCUT2D eigenvalue weighted by molar-refractivity contribution is -0.384. The monoisotopic (exact) mass is 573 g/mol. The number of carbonyl (C=O) groups excluding carboxylic acids is 1. The lowest BCUT2D eigenvalue weighted by atomic mass is 9.31.